The van der Waals surface area contributed by atoms with Gasteiger partial charge in [-0.3, -0.25) is 14.9 Å². The number of anilines is 1. The van der Waals surface area contributed by atoms with E-state index in [1.807, 2.05) is 0 Å². The highest BCUT2D eigenvalue weighted by Crippen LogP contribution is 2.34. The normalized spacial score (nSPS) is 10.3. The number of hydrogen-bond donors (Lipinski definition) is 1. The minimum absolute atomic E-state index is 0.0241. The number of nitrogens with zero attached hydrogens (tertiary/aromatic N) is 1. The first kappa shape index (κ1) is 18.6. The average Bonchev–Trinajstić information content (AvgIpc) is 2.49. The molecule has 10 heteroatoms. The van der Waals surface area contributed by atoms with E-state index < -0.39 is 10.8 Å². The van der Waals surface area contributed by atoms with Crippen LogP contribution in [0.5, 0.6) is 5.75 Å². The molecule has 0 spiro atoms. The van der Waals surface area contributed by atoms with Crippen LogP contribution in [0, 0.1) is 10.1 Å². The smallest absolute Gasteiger partial charge is 0.289 e. The van der Waals surface area contributed by atoms with Gasteiger partial charge in [0.1, 0.15) is 10.8 Å². The third kappa shape index (κ3) is 4.64. The van der Waals surface area contributed by atoms with E-state index in [-0.39, 0.29) is 38.8 Å². The van der Waals surface area contributed by atoms with Crippen molar-refractivity contribution in [2.45, 2.75) is 0 Å². The van der Waals surface area contributed by atoms with Crippen LogP contribution in [0.3, 0.4) is 0 Å². The van der Waals surface area contributed by atoms with Crippen LogP contribution in [-0.2, 0) is 4.79 Å². The molecule has 0 aromatic heterocycles. The van der Waals surface area contributed by atoms with Crippen molar-refractivity contribution in [3.8, 4) is 5.75 Å². The molecular formula is C14H8Cl4N2O4. The Morgan fingerprint density at radius 3 is 2.42 bits per heavy atom. The standard InChI is InChI=1S/C14H8Cl4N2O4/c15-7-1-2-13(10(18)3-7)24-6-14(21)19-11-4-9(17)12(20(22)23)5-8(11)16/h1-5H,6H2,(H,19,21). The average molecular weight is 410 g/mol. The van der Waals surface area contributed by atoms with E-state index in [2.05, 4.69) is 5.32 Å². The van der Waals surface area contributed by atoms with Gasteiger partial charge >= 0.3 is 0 Å². The number of ether oxygens (including phenoxy) is 1. The van der Waals surface area contributed by atoms with Crippen molar-refractivity contribution in [2.24, 2.45) is 0 Å². The molecule has 24 heavy (non-hydrogen) atoms. The number of carbonyl (C=O) groups excluding carboxylic acids is 1. The monoisotopic (exact) mass is 408 g/mol. The third-order valence-corrected chi connectivity index (χ3v) is 3.91. The van der Waals surface area contributed by atoms with Crippen molar-refractivity contribution in [3.63, 3.8) is 0 Å². The summed E-state index contributed by atoms with van der Waals surface area (Å²) in [6.07, 6.45) is 0. The van der Waals surface area contributed by atoms with Gasteiger partial charge in [-0.2, -0.15) is 0 Å². The Kier molecular flexibility index (Phi) is 6.12. The zero-order valence-corrected chi connectivity index (χ0v) is 14.7. The van der Waals surface area contributed by atoms with Gasteiger partial charge < -0.3 is 10.1 Å². The van der Waals surface area contributed by atoms with Crippen molar-refractivity contribution in [3.05, 3.63) is 60.5 Å². The van der Waals surface area contributed by atoms with Crippen molar-refractivity contribution < 1.29 is 14.5 Å². The molecule has 2 aromatic rings. The van der Waals surface area contributed by atoms with Crippen molar-refractivity contribution >= 4 is 63.7 Å². The minimum atomic E-state index is -0.675. The molecule has 1 amide bonds. The first-order valence-corrected chi connectivity index (χ1v) is 7.80. The molecule has 0 fully saturated rings. The second-order valence-electron chi connectivity index (χ2n) is 4.45. The summed E-state index contributed by atoms with van der Waals surface area (Å²) in [6, 6.07) is 6.80. The minimum Gasteiger partial charge on any atom is -0.482 e. The second kappa shape index (κ2) is 7.90. The second-order valence-corrected chi connectivity index (χ2v) is 6.11. The van der Waals surface area contributed by atoms with E-state index in [1.54, 1.807) is 6.07 Å². The van der Waals surface area contributed by atoms with Gasteiger partial charge in [-0.05, 0) is 24.3 Å². The molecule has 0 saturated heterocycles. The number of carbonyl (C=O) groups is 1. The SMILES string of the molecule is O=C(COc1ccc(Cl)cc1Cl)Nc1cc(Cl)c([N+](=O)[O-])cc1Cl. The highest BCUT2D eigenvalue weighted by molar-refractivity contribution is 6.37. The van der Waals surface area contributed by atoms with Gasteiger partial charge in [0, 0.05) is 11.1 Å². The Morgan fingerprint density at radius 1 is 1.08 bits per heavy atom. The van der Waals surface area contributed by atoms with Gasteiger partial charge in [-0.25, -0.2) is 0 Å². The van der Waals surface area contributed by atoms with Crippen molar-refractivity contribution in [1.29, 1.82) is 0 Å². The van der Waals surface area contributed by atoms with E-state index in [0.717, 1.165) is 6.07 Å². The zero-order valence-electron chi connectivity index (χ0n) is 11.7. The van der Waals surface area contributed by atoms with Gasteiger partial charge in [-0.15, -0.1) is 0 Å². The summed E-state index contributed by atoms with van der Waals surface area (Å²) >= 11 is 23.4. The van der Waals surface area contributed by atoms with Gasteiger partial charge in [-0.1, -0.05) is 46.4 Å². The molecule has 0 aliphatic carbocycles. The van der Waals surface area contributed by atoms with E-state index in [1.165, 1.54) is 18.2 Å². The molecule has 126 valence electrons. The maximum atomic E-state index is 11.9. The number of hydrogen-bond acceptors (Lipinski definition) is 4. The quantitative estimate of drug-likeness (QED) is 0.541. The lowest BCUT2D eigenvalue weighted by Crippen LogP contribution is -2.20. The van der Waals surface area contributed by atoms with Gasteiger partial charge in [0.15, 0.2) is 6.61 Å². The van der Waals surface area contributed by atoms with E-state index in [0.29, 0.717) is 5.02 Å². The molecule has 0 atom stereocenters. The first-order chi connectivity index (χ1) is 11.3. The van der Waals surface area contributed by atoms with Gasteiger partial charge in [0.25, 0.3) is 11.6 Å². The summed E-state index contributed by atoms with van der Waals surface area (Å²) in [4.78, 5) is 22.0. The lowest BCUT2D eigenvalue weighted by Gasteiger charge is -2.10. The van der Waals surface area contributed by atoms with Crippen LogP contribution in [0.4, 0.5) is 11.4 Å². The number of amides is 1. The number of nitrogens with one attached hydrogen (secondary N) is 1. The number of rotatable bonds is 5. The number of benzene rings is 2. The van der Waals surface area contributed by atoms with Crippen molar-refractivity contribution in [2.75, 3.05) is 11.9 Å². The van der Waals surface area contributed by atoms with Crippen LogP contribution in [0.1, 0.15) is 0 Å². The molecule has 0 bridgehead atoms. The van der Waals surface area contributed by atoms with Crippen LogP contribution < -0.4 is 10.1 Å². The Balaban J connectivity index is 2.05. The fourth-order valence-corrected chi connectivity index (χ4v) is 2.59. The predicted molar refractivity (Wildman–Crippen MR) is 93.7 cm³/mol. The largest absolute Gasteiger partial charge is 0.482 e. The Labute approximate surface area is 156 Å². The Morgan fingerprint density at radius 2 is 1.79 bits per heavy atom. The summed E-state index contributed by atoms with van der Waals surface area (Å²) in [6.45, 7) is -0.355. The number of nitro groups is 1. The zero-order chi connectivity index (χ0) is 17.9. The van der Waals surface area contributed by atoms with Crippen LogP contribution in [0.2, 0.25) is 20.1 Å². The summed E-state index contributed by atoms with van der Waals surface area (Å²) in [7, 11) is 0. The number of nitro benzene ring substituents is 1. The fraction of sp³-hybridized carbons (Fsp3) is 0.0714. The van der Waals surface area contributed by atoms with Crippen LogP contribution in [0.25, 0.3) is 0 Å². The molecule has 0 radical (unpaired) electrons. The lowest BCUT2D eigenvalue weighted by molar-refractivity contribution is -0.384. The van der Waals surface area contributed by atoms with E-state index >= 15 is 0 Å². The first-order valence-electron chi connectivity index (χ1n) is 6.29. The summed E-state index contributed by atoms with van der Waals surface area (Å²) in [5, 5.41) is 13.7. The summed E-state index contributed by atoms with van der Waals surface area (Å²) in [5.41, 5.74) is -0.230. The van der Waals surface area contributed by atoms with Crippen LogP contribution in [0.15, 0.2) is 30.3 Å². The summed E-state index contributed by atoms with van der Waals surface area (Å²) in [5.74, 6) is -0.267. The van der Waals surface area contributed by atoms with Crippen LogP contribution in [-0.4, -0.2) is 17.4 Å². The van der Waals surface area contributed by atoms with Crippen molar-refractivity contribution in [1.82, 2.24) is 0 Å². The molecule has 2 aromatic carbocycles. The highest BCUT2D eigenvalue weighted by Gasteiger charge is 2.17. The molecule has 0 heterocycles. The van der Waals surface area contributed by atoms with E-state index in [9.17, 15) is 14.9 Å². The maximum absolute atomic E-state index is 11.9. The van der Waals surface area contributed by atoms with Gasteiger partial charge in [0.2, 0.25) is 0 Å². The molecular weight excluding hydrogens is 402 g/mol. The molecule has 6 nitrogen and oxygen atoms in total. The Bertz CT molecular complexity index is 814. The third-order valence-electron chi connectivity index (χ3n) is 2.76. The maximum Gasteiger partial charge on any atom is 0.289 e. The molecule has 0 aliphatic rings. The molecule has 2 rings (SSSR count). The predicted octanol–water partition coefficient (Wildman–Crippen LogP) is 5.23. The lowest BCUT2D eigenvalue weighted by atomic mass is 10.2. The topological polar surface area (TPSA) is 81.5 Å². The molecule has 1 N–H and O–H groups in total. The van der Waals surface area contributed by atoms with Gasteiger partial charge in [0.05, 0.1) is 20.7 Å². The fourth-order valence-electron chi connectivity index (χ4n) is 1.69. The highest BCUT2D eigenvalue weighted by atomic mass is 35.5. The summed E-state index contributed by atoms with van der Waals surface area (Å²) < 4.78 is 5.27. The van der Waals surface area contributed by atoms with Crippen LogP contribution >= 0.6 is 46.4 Å². The number of halogens is 4. The van der Waals surface area contributed by atoms with E-state index in [4.69, 9.17) is 51.1 Å². The molecule has 0 saturated carbocycles. The molecule has 0 aliphatic heterocycles. The Hall–Kier alpha value is -1.73. The molecule has 0 unspecified atom stereocenters.